The predicted molar refractivity (Wildman–Crippen MR) is 131 cm³/mol. The van der Waals surface area contributed by atoms with Gasteiger partial charge in [-0.15, -0.1) is 0 Å². The Morgan fingerprint density at radius 3 is 2.38 bits per heavy atom. The van der Waals surface area contributed by atoms with Crippen LogP contribution in [0.1, 0.15) is 16.8 Å². The molecule has 0 unspecified atom stereocenters. The fourth-order valence-electron chi connectivity index (χ4n) is 3.09. The third kappa shape index (κ3) is 5.68. The first kappa shape index (κ1) is 21.5. The molecule has 5 nitrogen and oxygen atoms in total. The second-order valence-electron chi connectivity index (χ2n) is 7.13. The molecule has 3 aromatic carbocycles. The van der Waals surface area contributed by atoms with Crippen LogP contribution in [0.5, 0.6) is 5.75 Å². The van der Waals surface area contributed by atoms with Gasteiger partial charge in [-0.25, -0.2) is 9.97 Å². The molecule has 1 amide bonds. The van der Waals surface area contributed by atoms with Gasteiger partial charge in [0.2, 0.25) is 5.91 Å². The molecule has 2 N–H and O–H groups in total. The van der Waals surface area contributed by atoms with Gasteiger partial charge in [0, 0.05) is 10.0 Å². The first-order valence-corrected chi connectivity index (χ1v) is 10.8. The van der Waals surface area contributed by atoms with Gasteiger partial charge in [0.25, 0.3) is 0 Å². The van der Waals surface area contributed by atoms with Gasteiger partial charge < -0.3 is 10.4 Å². The Bertz CT molecular complexity index is 1240. The Balaban J connectivity index is 1.62. The van der Waals surface area contributed by atoms with Crippen LogP contribution in [0.25, 0.3) is 23.4 Å². The van der Waals surface area contributed by atoms with Crippen molar-refractivity contribution in [1.29, 1.82) is 0 Å². The highest BCUT2D eigenvalue weighted by Gasteiger charge is 2.11. The number of aromatic nitrogens is 2. The van der Waals surface area contributed by atoms with E-state index >= 15 is 0 Å². The molecule has 0 fully saturated rings. The molecule has 0 radical (unpaired) electrons. The van der Waals surface area contributed by atoms with E-state index in [2.05, 4.69) is 26.2 Å². The van der Waals surface area contributed by atoms with Gasteiger partial charge in [-0.05, 0) is 53.6 Å². The number of phenolic OH excluding ortho intramolecular Hbond substituents is 1. The predicted octanol–water partition coefficient (Wildman–Crippen LogP) is 5.96. The number of benzene rings is 3. The number of aromatic hydroxyl groups is 1. The Kier molecular flexibility index (Phi) is 6.72. The topological polar surface area (TPSA) is 75.1 Å². The van der Waals surface area contributed by atoms with Crippen molar-refractivity contribution >= 4 is 39.8 Å². The highest BCUT2D eigenvalue weighted by Crippen LogP contribution is 2.23. The van der Waals surface area contributed by atoms with E-state index in [-0.39, 0.29) is 18.1 Å². The summed E-state index contributed by atoms with van der Waals surface area (Å²) < 4.78 is 0.964. The number of carbonyl (C=O) groups excluding carboxylic acids is 1. The largest absolute Gasteiger partial charge is 0.508 e. The van der Waals surface area contributed by atoms with Crippen molar-refractivity contribution in [3.8, 4) is 17.0 Å². The first-order valence-electron chi connectivity index (χ1n) is 10.0. The molecule has 32 heavy (non-hydrogen) atoms. The SMILES string of the molecule is O=C(Cc1ccc(Br)cc1)Nc1ncc(-c2ccc(O)cc2)nc1/C=C/c1ccccc1. The Morgan fingerprint density at radius 2 is 1.66 bits per heavy atom. The second kappa shape index (κ2) is 10.0. The summed E-state index contributed by atoms with van der Waals surface area (Å²) in [6.45, 7) is 0. The summed E-state index contributed by atoms with van der Waals surface area (Å²) in [7, 11) is 0. The molecule has 0 aliphatic rings. The number of amides is 1. The lowest BCUT2D eigenvalue weighted by atomic mass is 10.1. The number of halogens is 1. The Hall–Kier alpha value is -3.77. The van der Waals surface area contributed by atoms with E-state index < -0.39 is 0 Å². The number of rotatable bonds is 6. The molecule has 1 aromatic heterocycles. The van der Waals surface area contributed by atoms with Crippen LogP contribution in [0.3, 0.4) is 0 Å². The zero-order valence-corrected chi connectivity index (χ0v) is 18.7. The summed E-state index contributed by atoms with van der Waals surface area (Å²) >= 11 is 3.40. The van der Waals surface area contributed by atoms with Gasteiger partial charge in [-0.1, -0.05) is 64.5 Å². The Morgan fingerprint density at radius 1 is 0.938 bits per heavy atom. The van der Waals surface area contributed by atoms with Gasteiger partial charge in [0.05, 0.1) is 18.3 Å². The van der Waals surface area contributed by atoms with Crippen molar-refractivity contribution < 1.29 is 9.90 Å². The second-order valence-corrected chi connectivity index (χ2v) is 8.05. The number of phenols is 1. The van der Waals surface area contributed by atoms with E-state index in [1.54, 1.807) is 30.5 Å². The molecule has 4 aromatic rings. The monoisotopic (exact) mass is 485 g/mol. The van der Waals surface area contributed by atoms with E-state index in [1.807, 2.05) is 66.7 Å². The molecule has 6 heteroatoms. The lowest BCUT2D eigenvalue weighted by Crippen LogP contribution is -2.16. The maximum atomic E-state index is 12.6. The summed E-state index contributed by atoms with van der Waals surface area (Å²) in [5.74, 6) is 0.401. The molecule has 1 heterocycles. The average molecular weight is 486 g/mol. The molecule has 0 aliphatic carbocycles. The molecular weight excluding hydrogens is 466 g/mol. The summed E-state index contributed by atoms with van der Waals surface area (Å²) in [4.78, 5) is 21.8. The third-order valence-electron chi connectivity index (χ3n) is 4.73. The molecule has 0 spiro atoms. The molecule has 0 saturated carbocycles. The normalized spacial score (nSPS) is 10.9. The van der Waals surface area contributed by atoms with E-state index in [0.29, 0.717) is 17.2 Å². The fraction of sp³-hybridized carbons (Fsp3) is 0.0385. The zero-order valence-electron chi connectivity index (χ0n) is 17.1. The van der Waals surface area contributed by atoms with Crippen LogP contribution >= 0.6 is 15.9 Å². The van der Waals surface area contributed by atoms with Gasteiger partial charge in [0.1, 0.15) is 11.4 Å². The summed E-state index contributed by atoms with van der Waals surface area (Å²) in [5.41, 5.74) is 3.92. The van der Waals surface area contributed by atoms with Crippen LogP contribution in [-0.2, 0) is 11.2 Å². The van der Waals surface area contributed by atoms with Crippen LogP contribution in [-0.4, -0.2) is 21.0 Å². The standard InChI is InChI=1S/C26H20BrN3O2/c27-21-11-6-19(7-12-21)16-25(32)30-26-23(15-8-18-4-2-1-3-5-18)29-24(17-28-26)20-9-13-22(31)14-10-20/h1-15,17,31H,16H2,(H,28,30,32)/b15-8+. The molecule has 0 saturated heterocycles. The maximum Gasteiger partial charge on any atom is 0.230 e. The lowest BCUT2D eigenvalue weighted by molar-refractivity contribution is -0.115. The highest BCUT2D eigenvalue weighted by atomic mass is 79.9. The molecule has 0 aliphatic heterocycles. The number of hydrogen-bond donors (Lipinski definition) is 2. The summed E-state index contributed by atoms with van der Waals surface area (Å²) in [5, 5.41) is 12.4. The summed E-state index contributed by atoms with van der Waals surface area (Å²) in [6.07, 6.45) is 5.61. The molecule has 0 bridgehead atoms. The quantitative estimate of drug-likeness (QED) is 0.353. The minimum absolute atomic E-state index is 0.173. The van der Waals surface area contributed by atoms with Crippen LogP contribution in [0.4, 0.5) is 5.82 Å². The molecule has 158 valence electrons. The zero-order chi connectivity index (χ0) is 22.3. The van der Waals surface area contributed by atoms with E-state index in [0.717, 1.165) is 21.2 Å². The third-order valence-corrected chi connectivity index (χ3v) is 5.26. The number of nitrogens with one attached hydrogen (secondary N) is 1. The van der Waals surface area contributed by atoms with E-state index in [4.69, 9.17) is 4.98 Å². The van der Waals surface area contributed by atoms with Crippen LogP contribution in [0.15, 0.2) is 89.5 Å². The number of anilines is 1. The van der Waals surface area contributed by atoms with Crippen LogP contribution in [0, 0.1) is 0 Å². The van der Waals surface area contributed by atoms with Crippen molar-refractivity contribution in [1.82, 2.24) is 9.97 Å². The number of carbonyl (C=O) groups is 1. The molecule has 4 rings (SSSR count). The van der Waals surface area contributed by atoms with Crippen molar-refractivity contribution in [2.45, 2.75) is 6.42 Å². The van der Waals surface area contributed by atoms with Crippen LogP contribution in [0.2, 0.25) is 0 Å². The smallest absolute Gasteiger partial charge is 0.230 e. The molecular formula is C26H20BrN3O2. The molecule has 0 atom stereocenters. The van der Waals surface area contributed by atoms with Crippen molar-refractivity contribution in [2.75, 3.05) is 5.32 Å². The average Bonchev–Trinajstić information content (AvgIpc) is 2.81. The van der Waals surface area contributed by atoms with Gasteiger partial charge in [-0.2, -0.15) is 0 Å². The van der Waals surface area contributed by atoms with Crippen molar-refractivity contribution in [2.24, 2.45) is 0 Å². The summed E-state index contributed by atoms with van der Waals surface area (Å²) in [6, 6.07) is 24.2. The number of nitrogens with zero attached hydrogens (tertiary/aromatic N) is 2. The first-order chi connectivity index (χ1) is 15.6. The van der Waals surface area contributed by atoms with Crippen molar-refractivity contribution in [3.05, 3.63) is 106 Å². The minimum atomic E-state index is -0.173. The highest BCUT2D eigenvalue weighted by molar-refractivity contribution is 9.10. The van der Waals surface area contributed by atoms with Gasteiger partial charge >= 0.3 is 0 Å². The lowest BCUT2D eigenvalue weighted by Gasteiger charge is -2.10. The van der Waals surface area contributed by atoms with Crippen LogP contribution < -0.4 is 5.32 Å². The van der Waals surface area contributed by atoms with Gasteiger partial charge in [-0.3, -0.25) is 4.79 Å². The fourth-order valence-corrected chi connectivity index (χ4v) is 3.35. The maximum absolute atomic E-state index is 12.6. The van der Waals surface area contributed by atoms with E-state index in [9.17, 15) is 9.90 Å². The van der Waals surface area contributed by atoms with E-state index in [1.165, 1.54) is 0 Å². The minimum Gasteiger partial charge on any atom is -0.508 e. The number of hydrogen-bond acceptors (Lipinski definition) is 4. The van der Waals surface area contributed by atoms with Crippen molar-refractivity contribution in [3.63, 3.8) is 0 Å². The Labute approximate surface area is 194 Å². The van der Waals surface area contributed by atoms with Gasteiger partial charge in [0.15, 0.2) is 5.82 Å².